The van der Waals surface area contributed by atoms with Crippen molar-refractivity contribution >= 4 is 21.7 Å². The monoisotopic (exact) mass is 430 g/mol. The van der Waals surface area contributed by atoms with Gasteiger partial charge in [0.1, 0.15) is 16.8 Å². The van der Waals surface area contributed by atoms with Gasteiger partial charge in [-0.05, 0) is 43.3 Å². The molecule has 0 spiro atoms. The summed E-state index contributed by atoms with van der Waals surface area (Å²) in [5.74, 6) is -0.926. The lowest BCUT2D eigenvalue weighted by Gasteiger charge is -2.16. The molecule has 9 heteroatoms. The van der Waals surface area contributed by atoms with Gasteiger partial charge in [0.15, 0.2) is 9.84 Å². The molecule has 2 heterocycles. The Labute approximate surface area is 174 Å². The van der Waals surface area contributed by atoms with Crippen LogP contribution in [0.15, 0.2) is 74.8 Å². The number of furan rings is 2. The molecule has 0 bridgehead atoms. The fourth-order valence-corrected chi connectivity index (χ4v) is 4.42. The SMILES string of the molecule is Cc1ccc(S(=O)(=O)[C@@H](CNC(=O)C(=O)NCCc2ccco2)c2ccco2)cc1. The van der Waals surface area contributed by atoms with Crippen LogP contribution in [0.25, 0.3) is 0 Å². The highest BCUT2D eigenvalue weighted by Gasteiger charge is 2.32. The Balaban J connectivity index is 1.65. The van der Waals surface area contributed by atoms with Gasteiger partial charge in [-0.25, -0.2) is 8.42 Å². The quantitative estimate of drug-likeness (QED) is 0.529. The molecule has 0 aliphatic heterocycles. The second kappa shape index (κ2) is 9.45. The van der Waals surface area contributed by atoms with E-state index in [2.05, 4.69) is 10.6 Å². The highest BCUT2D eigenvalue weighted by Crippen LogP contribution is 2.29. The van der Waals surface area contributed by atoms with Crippen molar-refractivity contribution in [2.24, 2.45) is 0 Å². The van der Waals surface area contributed by atoms with Gasteiger partial charge in [0.25, 0.3) is 0 Å². The van der Waals surface area contributed by atoms with E-state index in [0.717, 1.165) is 5.56 Å². The minimum Gasteiger partial charge on any atom is -0.469 e. The van der Waals surface area contributed by atoms with E-state index >= 15 is 0 Å². The first-order valence-electron chi connectivity index (χ1n) is 9.30. The minimum atomic E-state index is -3.86. The lowest BCUT2D eigenvalue weighted by Crippen LogP contribution is -2.42. The highest BCUT2D eigenvalue weighted by atomic mass is 32.2. The van der Waals surface area contributed by atoms with Gasteiger partial charge >= 0.3 is 11.8 Å². The van der Waals surface area contributed by atoms with Gasteiger partial charge in [-0.2, -0.15) is 0 Å². The first kappa shape index (κ1) is 21.4. The van der Waals surface area contributed by atoms with Crippen LogP contribution in [0.2, 0.25) is 0 Å². The molecule has 0 fully saturated rings. The fourth-order valence-electron chi connectivity index (χ4n) is 2.83. The average Bonchev–Trinajstić information content (AvgIpc) is 3.42. The Kier molecular flexibility index (Phi) is 6.73. The number of hydrogen-bond donors (Lipinski definition) is 2. The molecule has 0 aliphatic rings. The third-order valence-corrected chi connectivity index (χ3v) is 6.55. The van der Waals surface area contributed by atoms with E-state index < -0.39 is 26.9 Å². The molecule has 1 aromatic carbocycles. The van der Waals surface area contributed by atoms with Crippen molar-refractivity contribution < 1.29 is 26.8 Å². The maximum Gasteiger partial charge on any atom is 0.309 e. The summed E-state index contributed by atoms with van der Waals surface area (Å²) in [4.78, 5) is 24.2. The van der Waals surface area contributed by atoms with Gasteiger partial charge < -0.3 is 19.5 Å². The molecule has 2 aromatic heterocycles. The maximum atomic E-state index is 13.1. The summed E-state index contributed by atoms with van der Waals surface area (Å²) in [5, 5.41) is 3.69. The van der Waals surface area contributed by atoms with Crippen LogP contribution in [0.1, 0.15) is 22.3 Å². The van der Waals surface area contributed by atoms with Crippen LogP contribution in [0.3, 0.4) is 0 Å². The topological polar surface area (TPSA) is 119 Å². The number of amides is 2. The zero-order valence-electron chi connectivity index (χ0n) is 16.3. The summed E-state index contributed by atoms with van der Waals surface area (Å²) in [6, 6.07) is 13.0. The first-order valence-corrected chi connectivity index (χ1v) is 10.8. The lowest BCUT2D eigenvalue weighted by molar-refractivity contribution is -0.139. The molecular weight excluding hydrogens is 408 g/mol. The highest BCUT2D eigenvalue weighted by molar-refractivity contribution is 7.91. The van der Waals surface area contributed by atoms with Gasteiger partial charge in [-0.15, -0.1) is 0 Å². The smallest absolute Gasteiger partial charge is 0.309 e. The van der Waals surface area contributed by atoms with Crippen LogP contribution >= 0.6 is 0 Å². The van der Waals surface area contributed by atoms with Crippen molar-refractivity contribution in [3.05, 3.63) is 78.1 Å². The van der Waals surface area contributed by atoms with Crippen molar-refractivity contribution in [3.63, 3.8) is 0 Å². The van der Waals surface area contributed by atoms with Gasteiger partial charge in [0, 0.05) is 19.5 Å². The fraction of sp³-hybridized carbons (Fsp3) is 0.238. The number of aryl methyl sites for hydroxylation is 1. The molecular formula is C21H22N2O6S. The molecule has 8 nitrogen and oxygen atoms in total. The largest absolute Gasteiger partial charge is 0.469 e. The average molecular weight is 430 g/mol. The maximum absolute atomic E-state index is 13.1. The Morgan fingerprint density at radius 1 is 0.933 bits per heavy atom. The molecule has 3 rings (SSSR count). The molecule has 3 aromatic rings. The van der Waals surface area contributed by atoms with Crippen LogP contribution in [0.5, 0.6) is 0 Å². The van der Waals surface area contributed by atoms with Crippen molar-refractivity contribution in [2.75, 3.05) is 13.1 Å². The van der Waals surface area contributed by atoms with Crippen LogP contribution in [-0.2, 0) is 25.8 Å². The molecule has 2 amide bonds. The van der Waals surface area contributed by atoms with E-state index in [4.69, 9.17) is 8.83 Å². The second-order valence-corrected chi connectivity index (χ2v) is 8.79. The molecule has 0 radical (unpaired) electrons. The number of benzene rings is 1. The van der Waals surface area contributed by atoms with E-state index in [1.54, 1.807) is 30.3 Å². The molecule has 158 valence electrons. The molecule has 0 unspecified atom stereocenters. The predicted molar refractivity (Wildman–Crippen MR) is 108 cm³/mol. The van der Waals surface area contributed by atoms with Crippen LogP contribution in [0.4, 0.5) is 0 Å². The predicted octanol–water partition coefficient (Wildman–Crippen LogP) is 2.17. The van der Waals surface area contributed by atoms with E-state index in [-0.39, 0.29) is 23.7 Å². The van der Waals surface area contributed by atoms with Crippen LogP contribution in [-0.4, -0.2) is 33.3 Å². The zero-order valence-corrected chi connectivity index (χ0v) is 17.1. The summed E-state index contributed by atoms with van der Waals surface area (Å²) in [6.45, 7) is 1.75. The number of hydrogen-bond acceptors (Lipinski definition) is 6. The lowest BCUT2D eigenvalue weighted by atomic mass is 10.2. The summed E-state index contributed by atoms with van der Waals surface area (Å²) < 4.78 is 36.6. The van der Waals surface area contributed by atoms with Crippen molar-refractivity contribution in [2.45, 2.75) is 23.5 Å². The second-order valence-electron chi connectivity index (χ2n) is 6.66. The van der Waals surface area contributed by atoms with E-state index in [0.29, 0.717) is 12.2 Å². The number of nitrogens with one attached hydrogen (secondary N) is 2. The summed E-state index contributed by atoms with van der Waals surface area (Å²) in [7, 11) is -3.86. The number of carbonyl (C=O) groups excluding carboxylic acids is 2. The summed E-state index contributed by atoms with van der Waals surface area (Å²) in [5.41, 5.74) is 0.919. The third kappa shape index (κ3) is 5.18. The van der Waals surface area contributed by atoms with Crippen molar-refractivity contribution in [3.8, 4) is 0 Å². The Morgan fingerprint density at radius 2 is 1.60 bits per heavy atom. The first-order chi connectivity index (χ1) is 14.4. The van der Waals surface area contributed by atoms with Crippen molar-refractivity contribution in [1.82, 2.24) is 10.6 Å². The zero-order chi connectivity index (χ0) is 21.6. The van der Waals surface area contributed by atoms with Crippen molar-refractivity contribution in [1.29, 1.82) is 0 Å². The molecule has 0 saturated heterocycles. The Morgan fingerprint density at radius 3 is 2.23 bits per heavy atom. The molecule has 30 heavy (non-hydrogen) atoms. The molecule has 0 saturated carbocycles. The third-order valence-electron chi connectivity index (χ3n) is 4.48. The molecule has 1 atom stereocenters. The summed E-state index contributed by atoms with van der Waals surface area (Å²) in [6.07, 6.45) is 3.31. The van der Waals surface area contributed by atoms with E-state index in [1.165, 1.54) is 30.7 Å². The van der Waals surface area contributed by atoms with Gasteiger partial charge in [-0.1, -0.05) is 17.7 Å². The molecule has 2 N–H and O–H groups in total. The van der Waals surface area contributed by atoms with Gasteiger partial charge in [0.2, 0.25) is 0 Å². The standard InChI is InChI=1S/C21H22N2O6S/c1-15-6-8-17(9-7-15)30(26,27)19(18-5-3-13-29-18)14-23-21(25)20(24)22-11-10-16-4-2-12-28-16/h2-9,12-13,19H,10-11,14H2,1H3,(H,22,24)(H,23,25)/t19-/m0/s1. The summed E-state index contributed by atoms with van der Waals surface area (Å²) >= 11 is 0. The van der Waals surface area contributed by atoms with Gasteiger partial charge in [-0.3, -0.25) is 9.59 Å². The number of sulfone groups is 1. The van der Waals surface area contributed by atoms with E-state index in [9.17, 15) is 18.0 Å². The van der Waals surface area contributed by atoms with Crippen LogP contribution < -0.4 is 10.6 Å². The normalized spacial score (nSPS) is 12.3. The van der Waals surface area contributed by atoms with E-state index in [1.807, 2.05) is 6.92 Å². The number of carbonyl (C=O) groups is 2. The van der Waals surface area contributed by atoms with Crippen LogP contribution in [0, 0.1) is 6.92 Å². The number of rotatable bonds is 8. The Hall–Kier alpha value is -3.33. The Bertz CT molecular complexity index is 1070. The molecule has 0 aliphatic carbocycles. The minimum absolute atomic E-state index is 0.103. The van der Waals surface area contributed by atoms with Gasteiger partial charge in [0.05, 0.1) is 17.4 Å².